The number of amides is 1. The van der Waals surface area contributed by atoms with E-state index in [1.54, 1.807) is 36.4 Å². The molecule has 1 atom stereocenters. The van der Waals surface area contributed by atoms with Crippen molar-refractivity contribution in [1.82, 2.24) is 0 Å². The second kappa shape index (κ2) is 6.55. The van der Waals surface area contributed by atoms with Gasteiger partial charge >= 0.3 is 0 Å². The molecule has 1 aromatic heterocycles. The zero-order valence-corrected chi connectivity index (χ0v) is 16.4. The Kier molecular flexibility index (Phi) is 4.79. The topological polar surface area (TPSA) is 57.6 Å². The van der Waals surface area contributed by atoms with Gasteiger partial charge in [0.25, 0.3) is 5.91 Å². The molecule has 0 saturated carbocycles. The molecule has 2 aromatic rings. The minimum Gasteiger partial charge on any atom is -0.375 e. The van der Waals surface area contributed by atoms with Crippen molar-refractivity contribution in [3.63, 3.8) is 0 Å². The summed E-state index contributed by atoms with van der Waals surface area (Å²) < 4.78 is 1.56. The quantitative estimate of drug-likeness (QED) is 0.524. The van der Waals surface area contributed by atoms with Crippen LogP contribution in [0.15, 0.2) is 51.2 Å². The van der Waals surface area contributed by atoms with Gasteiger partial charge in [-0.2, -0.15) is 0 Å². The van der Waals surface area contributed by atoms with E-state index in [9.17, 15) is 14.7 Å². The van der Waals surface area contributed by atoms with Crippen molar-refractivity contribution in [3.8, 4) is 0 Å². The van der Waals surface area contributed by atoms with Crippen LogP contribution in [0.3, 0.4) is 0 Å². The minimum absolute atomic E-state index is 0.270. The van der Waals surface area contributed by atoms with E-state index in [1.165, 1.54) is 16.2 Å². The van der Waals surface area contributed by atoms with Crippen molar-refractivity contribution in [2.24, 2.45) is 0 Å². The maximum absolute atomic E-state index is 12.8. The lowest BCUT2D eigenvalue weighted by atomic mass is 9.89. The predicted octanol–water partition coefficient (Wildman–Crippen LogP) is 4.27. The Bertz CT molecular complexity index is 848. The van der Waals surface area contributed by atoms with Gasteiger partial charge in [-0.25, -0.2) is 0 Å². The molecule has 124 valence electrons. The molecule has 0 fully saturated rings. The highest BCUT2D eigenvalue weighted by atomic mass is 79.9. The van der Waals surface area contributed by atoms with Gasteiger partial charge in [-0.1, -0.05) is 22.0 Å². The zero-order chi connectivity index (χ0) is 17.5. The molecule has 1 amide bonds. The van der Waals surface area contributed by atoms with E-state index < -0.39 is 11.5 Å². The molecule has 1 aromatic carbocycles. The summed E-state index contributed by atoms with van der Waals surface area (Å²) >= 11 is 7.96. The Morgan fingerprint density at radius 1 is 1.33 bits per heavy atom. The number of nitrogens with zero attached hydrogens (tertiary/aromatic N) is 1. The molecule has 1 unspecified atom stereocenters. The van der Waals surface area contributed by atoms with E-state index in [0.717, 1.165) is 8.26 Å². The van der Waals surface area contributed by atoms with E-state index in [0.29, 0.717) is 16.1 Å². The van der Waals surface area contributed by atoms with Crippen LogP contribution in [0.5, 0.6) is 0 Å². The highest BCUT2D eigenvalue weighted by Gasteiger charge is 2.50. The van der Waals surface area contributed by atoms with Crippen LogP contribution in [0.1, 0.15) is 21.7 Å². The first kappa shape index (κ1) is 17.5. The zero-order valence-electron chi connectivity index (χ0n) is 12.5. The van der Waals surface area contributed by atoms with Crippen molar-refractivity contribution >= 4 is 60.6 Å². The van der Waals surface area contributed by atoms with Gasteiger partial charge in [-0.3, -0.25) is 9.59 Å². The second-order valence-corrected chi connectivity index (χ2v) is 8.81. The Morgan fingerprint density at radius 2 is 2.08 bits per heavy atom. The van der Waals surface area contributed by atoms with Crippen LogP contribution in [0.4, 0.5) is 5.69 Å². The number of Topliss-reactive ketones (excluding diaryl/α,β-unsaturated/α-hetero) is 1. The SMILES string of the molecule is C=CCN1C(=O)C(O)(CC(=O)c2ccc(Br)s2)c2cc(Br)ccc21. The van der Waals surface area contributed by atoms with Crippen LogP contribution in [-0.4, -0.2) is 23.3 Å². The fourth-order valence-electron chi connectivity index (χ4n) is 2.79. The van der Waals surface area contributed by atoms with Gasteiger partial charge in [0.05, 0.1) is 20.8 Å². The van der Waals surface area contributed by atoms with Crippen molar-refractivity contribution in [2.45, 2.75) is 12.0 Å². The monoisotopic (exact) mass is 469 g/mol. The normalized spacial score (nSPS) is 19.5. The maximum atomic E-state index is 12.8. The molecule has 24 heavy (non-hydrogen) atoms. The van der Waals surface area contributed by atoms with Crippen LogP contribution in [0.2, 0.25) is 0 Å². The van der Waals surface area contributed by atoms with Gasteiger partial charge < -0.3 is 10.0 Å². The number of carbonyl (C=O) groups is 2. The third-order valence-electron chi connectivity index (χ3n) is 3.87. The van der Waals surface area contributed by atoms with Crippen LogP contribution >= 0.6 is 43.2 Å². The largest absolute Gasteiger partial charge is 0.375 e. The van der Waals surface area contributed by atoms with Crippen molar-refractivity contribution < 1.29 is 14.7 Å². The Labute approximate surface area is 160 Å². The van der Waals surface area contributed by atoms with Crippen molar-refractivity contribution in [2.75, 3.05) is 11.4 Å². The van der Waals surface area contributed by atoms with Crippen molar-refractivity contribution in [1.29, 1.82) is 0 Å². The Hall–Kier alpha value is -1.28. The summed E-state index contributed by atoms with van der Waals surface area (Å²) in [6.07, 6.45) is 1.30. The third kappa shape index (κ3) is 2.90. The molecule has 3 rings (SSSR count). The molecule has 0 saturated heterocycles. The summed E-state index contributed by atoms with van der Waals surface area (Å²) in [6.45, 7) is 3.93. The van der Waals surface area contributed by atoms with E-state index in [4.69, 9.17) is 0 Å². The number of benzene rings is 1. The average molecular weight is 471 g/mol. The number of halogens is 2. The molecule has 2 heterocycles. The smallest absolute Gasteiger partial charge is 0.264 e. The van der Waals surface area contributed by atoms with Crippen LogP contribution in [-0.2, 0) is 10.4 Å². The average Bonchev–Trinajstić information content (AvgIpc) is 3.05. The highest BCUT2D eigenvalue weighted by Crippen LogP contribution is 2.44. The number of anilines is 1. The Morgan fingerprint density at radius 3 is 2.71 bits per heavy atom. The molecule has 0 spiro atoms. The molecule has 4 nitrogen and oxygen atoms in total. The standard InChI is InChI=1S/C17H13Br2NO3S/c1-2-7-20-12-4-3-10(18)8-11(12)17(23,16(20)22)9-13(21)14-5-6-15(19)24-14/h2-6,8,23H,1,7,9H2. The molecule has 0 aliphatic carbocycles. The number of thiophene rings is 1. The van der Waals surface area contributed by atoms with E-state index in [-0.39, 0.29) is 18.7 Å². The van der Waals surface area contributed by atoms with Crippen molar-refractivity contribution in [3.05, 3.63) is 61.7 Å². The number of ketones is 1. The number of fused-ring (bicyclic) bond motifs is 1. The molecule has 0 bridgehead atoms. The van der Waals surface area contributed by atoms with E-state index >= 15 is 0 Å². The summed E-state index contributed by atoms with van der Waals surface area (Å²) in [5, 5.41) is 11.1. The Balaban J connectivity index is 2.02. The number of rotatable bonds is 5. The molecule has 1 aliphatic rings. The molecule has 0 radical (unpaired) electrons. The van der Waals surface area contributed by atoms with Gasteiger partial charge in [0, 0.05) is 16.6 Å². The lowest BCUT2D eigenvalue weighted by molar-refractivity contribution is -0.135. The van der Waals surface area contributed by atoms with Crippen LogP contribution in [0.25, 0.3) is 0 Å². The first-order valence-electron chi connectivity index (χ1n) is 7.10. The van der Waals surface area contributed by atoms with E-state index in [2.05, 4.69) is 38.4 Å². The summed E-state index contributed by atoms with van der Waals surface area (Å²) in [5.41, 5.74) is -0.825. The lowest BCUT2D eigenvalue weighted by Gasteiger charge is -2.21. The first-order valence-corrected chi connectivity index (χ1v) is 9.51. The summed E-state index contributed by atoms with van der Waals surface area (Å²) in [5.74, 6) is -0.771. The maximum Gasteiger partial charge on any atom is 0.264 e. The molecular formula is C17H13Br2NO3S. The lowest BCUT2D eigenvalue weighted by Crippen LogP contribution is -2.41. The van der Waals surface area contributed by atoms with Gasteiger partial charge in [0.15, 0.2) is 11.4 Å². The number of carbonyl (C=O) groups excluding carboxylic acids is 2. The number of aliphatic hydroxyl groups is 1. The predicted molar refractivity (Wildman–Crippen MR) is 102 cm³/mol. The second-order valence-electron chi connectivity index (χ2n) is 5.43. The number of hydrogen-bond donors (Lipinski definition) is 1. The fraction of sp³-hybridized carbons (Fsp3) is 0.176. The molecule has 1 aliphatic heterocycles. The summed E-state index contributed by atoms with van der Waals surface area (Å²) in [6, 6.07) is 8.70. The number of hydrogen-bond acceptors (Lipinski definition) is 4. The van der Waals surface area contributed by atoms with Gasteiger partial charge in [0.2, 0.25) is 0 Å². The minimum atomic E-state index is -1.87. The highest BCUT2D eigenvalue weighted by molar-refractivity contribution is 9.11. The fourth-order valence-corrected chi connectivity index (χ4v) is 4.47. The van der Waals surface area contributed by atoms with E-state index in [1.807, 2.05) is 0 Å². The van der Waals surface area contributed by atoms with Crippen LogP contribution in [0, 0.1) is 0 Å². The molecule has 1 N–H and O–H groups in total. The molecule has 7 heteroatoms. The van der Waals surface area contributed by atoms with Crippen LogP contribution < -0.4 is 4.90 Å². The third-order valence-corrected chi connectivity index (χ3v) is 6.03. The van der Waals surface area contributed by atoms with Gasteiger partial charge in [-0.05, 0) is 46.3 Å². The summed E-state index contributed by atoms with van der Waals surface area (Å²) in [4.78, 5) is 27.3. The molecular weight excluding hydrogens is 458 g/mol. The first-order chi connectivity index (χ1) is 11.4. The van der Waals surface area contributed by atoms with Gasteiger partial charge in [-0.15, -0.1) is 17.9 Å². The summed E-state index contributed by atoms with van der Waals surface area (Å²) in [7, 11) is 0. The van der Waals surface area contributed by atoms with Gasteiger partial charge in [0.1, 0.15) is 0 Å².